The second-order valence-electron chi connectivity index (χ2n) is 5.69. The molecule has 1 heterocycles. The number of pyridine rings is 1. The van der Waals surface area contributed by atoms with E-state index in [1.807, 2.05) is 26.0 Å². The average Bonchev–Trinajstić information content (AvgIpc) is 2.54. The van der Waals surface area contributed by atoms with Crippen molar-refractivity contribution in [3.8, 4) is 0 Å². The number of urea groups is 1. The van der Waals surface area contributed by atoms with E-state index in [0.717, 1.165) is 36.9 Å². The SMILES string of the molecule is CC[S@](=O)[C@@H]1CCCC[C@H]1NC(=O)NCc1ncccc1C. The van der Waals surface area contributed by atoms with Gasteiger partial charge in [-0.25, -0.2) is 4.79 Å². The largest absolute Gasteiger partial charge is 0.334 e. The third-order valence-electron chi connectivity index (χ3n) is 4.18. The fraction of sp³-hybridized carbons (Fsp3) is 0.625. The number of amides is 2. The van der Waals surface area contributed by atoms with E-state index in [4.69, 9.17) is 0 Å². The van der Waals surface area contributed by atoms with Crippen molar-refractivity contribution in [2.45, 2.75) is 57.4 Å². The molecule has 0 saturated heterocycles. The van der Waals surface area contributed by atoms with Gasteiger partial charge >= 0.3 is 6.03 Å². The smallest absolute Gasteiger partial charge is 0.315 e. The molecule has 5 nitrogen and oxygen atoms in total. The van der Waals surface area contributed by atoms with Crippen LogP contribution in [0.2, 0.25) is 0 Å². The number of aromatic nitrogens is 1. The monoisotopic (exact) mass is 323 g/mol. The summed E-state index contributed by atoms with van der Waals surface area (Å²) in [5.74, 6) is 0.650. The maximum atomic E-state index is 12.1. The number of carbonyl (C=O) groups is 1. The van der Waals surface area contributed by atoms with E-state index in [1.54, 1.807) is 6.20 Å². The summed E-state index contributed by atoms with van der Waals surface area (Å²) in [4.78, 5) is 16.4. The van der Waals surface area contributed by atoms with Gasteiger partial charge in [0.1, 0.15) is 0 Å². The van der Waals surface area contributed by atoms with E-state index < -0.39 is 10.8 Å². The van der Waals surface area contributed by atoms with Crippen molar-refractivity contribution in [2.75, 3.05) is 5.75 Å². The third-order valence-corrected chi connectivity index (χ3v) is 5.98. The Morgan fingerprint density at radius 1 is 1.41 bits per heavy atom. The first-order valence-corrected chi connectivity index (χ1v) is 9.32. The Bertz CT molecular complexity index is 536. The number of rotatable bonds is 5. The molecule has 2 amide bonds. The van der Waals surface area contributed by atoms with Gasteiger partial charge in [0.05, 0.1) is 17.5 Å². The molecule has 6 heteroatoms. The summed E-state index contributed by atoms with van der Waals surface area (Å²) in [6.45, 7) is 4.32. The van der Waals surface area contributed by atoms with Crippen molar-refractivity contribution < 1.29 is 9.00 Å². The molecule has 0 bridgehead atoms. The lowest BCUT2D eigenvalue weighted by Crippen LogP contribution is -2.50. The van der Waals surface area contributed by atoms with Gasteiger partial charge in [-0.15, -0.1) is 0 Å². The highest BCUT2D eigenvalue weighted by atomic mass is 32.2. The Morgan fingerprint density at radius 3 is 2.91 bits per heavy atom. The fourth-order valence-corrected chi connectivity index (χ4v) is 4.31. The average molecular weight is 323 g/mol. The number of hydrogen-bond acceptors (Lipinski definition) is 3. The quantitative estimate of drug-likeness (QED) is 0.873. The van der Waals surface area contributed by atoms with Crippen molar-refractivity contribution in [3.63, 3.8) is 0 Å². The van der Waals surface area contributed by atoms with Crippen molar-refractivity contribution in [2.24, 2.45) is 0 Å². The van der Waals surface area contributed by atoms with Crippen molar-refractivity contribution >= 4 is 16.8 Å². The second kappa shape index (κ2) is 8.27. The fourth-order valence-electron chi connectivity index (χ4n) is 2.88. The Hall–Kier alpha value is -1.43. The molecule has 1 aromatic heterocycles. The van der Waals surface area contributed by atoms with Gasteiger partial charge in [0.15, 0.2) is 0 Å². The lowest BCUT2D eigenvalue weighted by atomic mass is 9.95. The highest BCUT2D eigenvalue weighted by Gasteiger charge is 2.30. The van der Waals surface area contributed by atoms with Gasteiger partial charge in [0.2, 0.25) is 0 Å². The summed E-state index contributed by atoms with van der Waals surface area (Å²) in [5.41, 5.74) is 1.93. The van der Waals surface area contributed by atoms with Crippen LogP contribution in [-0.4, -0.2) is 32.3 Å². The summed E-state index contributed by atoms with van der Waals surface area (Å²) in [6.07, 6.45) is 5.76. The summed E-state index contributed by atoms with van der Waals surface area (Å²) in [7, 11) is -0.858. The van der Waals surface area contributed by atoms with Crippen molar-refractivity contribution in [1.82, 2.24) is 15.6 Å². The molecule has 1 saturated carbocycles. The number of aryl methyl sites for hydroxylation is 1. The van der Waals surface area contributed by atoms with Crippen LogP contribution in [0.15, 0.2) is 18.3 Å². The second-order valence-corrected chi connectivity index (χ2v) is 7.64. The molecule has 3 atom stereocenters. The minimum atomic E-state index is -0.858. The van der Waals surface area contributed by atoms with Gasteiger partial charge in [-0.1, -0.05) is 25.8 Å². The Labute approximate surface area is 134 Å². The molecular weight excluding hydrogens is 298 g/mol. The molecule has 2 N–H and O–H groups in total. The molecule has 1 aliphatic carbocycles. The van der Waals surface area contributed by atoms with E-state index in [-0.39, 0.29) is 17.3 Å². The van der Waals surface area contributed by atoms with Crippen LogP contribution in [-0.2, 0) is 17.3 Å². The zero-order valence-corrected chi connectivity index (χ0v) is 14.1. The summed E-state index contributed by atoms with van der Waals surface area (Å²) in [5, 5.41) is 5.94. The number of carbonyl (C=O) groups excluding carboxylic acids is 1. The molecule has 1 aromatic rings. The van der Waals surface area contributed by atoms with E-state index in [0.29, 0.717) is 12.3 Å². The molecule has 122 valence electrons. The normalized spacial score (nSPS) is 22.8. The minimum Gasteiger partial charge on any atom is -0.334 e. The minimum absolute atomic E-state index is 0.0133. The van der Waals surface area contributed by atoms with Gasteiger partial charge in [-0.2, -0.15) is 0 Å². The third kappa shape index (κ3) is 4.53. The van der Waals surface area contributed by atoms with Crippen molar-refractivity contribution in [3.05, 3.63) is 29.6 Å². The van der Waals surface area contributed by atoms with E-state index in [9.17, 15) is 9.00 Å². The van der Waals surface area contributed by atoms with Crippen LogP contribution in [0.4, 0.5) is 4.79 Å². The molecule has 2 rings (SSSR count). The predicted octanol–water partition coefficient (Wildman–Crippen LogP) is 2.27. The van der Waals surface area contributed by atoms with Crippen LogP contribution >= 0.6 is 0 Å². The van der Waals surface area contributed by atoms with E-state index in [1.165, 1.54) is 0 Å². The predicted molar refractivity (Wildman–Crippen MR) is 89.1 cm³/mol. The lowest BCUT2D eigenvalue weighted by molar-refractivity contribution is 0.232. The van der Waals surface area contributed by atoms with Crippen molar-refractivity contribution in [1.29, 1.82) is 0 Å². The summed E-state index contributed by atoms with van der Waals surface area (Å²) >= 11 is 0. The van der Waals surface area contributed by atoms with Gasteiger partial charge in [-0.3, -0.25) is 9.19 Å². The van der Waals surface area contributed by atoms with E-state index >= 15 is 0 Å². The van der Waals surface area contributed by atoms with Gasteiger partial charge in [0.25, 0.3) is 0 Å². The lowest BCUT2D eigenvalue weighted by Gasteiger charge is -2.31. The van der Waals surface area contributed by atoms with Gasteiger partial charge in [0, 0.05) is 28.8 Å². The molecule has 0 radical (unpaired) electrons. The first-order valence-electron chi connectivity index (χ1n) is 7.94. The first-order chi connectivity index (χ1) is 10.6. The maximum absolute atomic E-state index is 12.1. The number of nitrogens with zero attached hydrogens (tertiary/aromatic N) is 1. The van der Waals surface area contributed by atoms with Crippen LogP contribution in [0, 0.1) is 6.92 Å². The van der Waals surface area contributed by atoms with Crippen LogP contribution in [0.1, 0.15) is 43.9 Å². The molecule has 0 unspecified atom stereocenters. The zero-order chi connectivity index (χ0) is 15.9. The number of nitrogens with one attached hydrogen (secondary N) is 2. The molecule has 0 spiro atoms. The molecule has 1 aliphatic rings. The molecule has 0 aromatic carbocycles. The van der Waals surface area contributed by atoms with Gasteiger partial charge < -0.3 is 10.6 Å². The Morgan fingerprint density at radius 2 is 2.18 bits per heavy atom. The maximum Gasteiger partial charge on any atom is 0.315 e. The Kier molecular flexibility index (Phi) is 6.36. The van der Waals surface area contributed by atoms with Gasteiger partial charge in [-0.05, 0) is 31.4 Å². The summed E-state index contributed by atoms with van der Waals surface area (Å²) in [6, 6.07) is 3.67. The Balaban J connectivity index is 1.87. The highest BCUT2D eigenvalue weighted by molar-refractivity contribution is 7.85. The molecule has 22 heavy (non-hydrogen) atoms. The highest BCUT2D eigenvalue weighted by Crippen LogP contribution is 2.23. The molecular formula is C16H25N3O2S. The molecule has 1 fully saturated rings. The topological polar surface area (TPSA) is 71.1 Å². The van der Waals surface area contributed by atoms with Crippen LogP contribution in [0.25, 0.3) is 0 Å². The van der Waals surface area contributed by atoms with Crippen LogP contribution in [0.5, 0.6) is 0 Å². The van der Waals surface area contributed by atoms with Crippen LogP contribution in [0.3, 0.4) is 0 Å². The van der Waals surface area contributed by atoms with E-state index in [2.05, 4.69) is 15.6 Å². The standard InChI is InChI=1S/C16H25N3O2S/c1-3-22(21)15-9-5-4-8-13(15)19-16(20)18-11-14-12(2)7-6-10-17-14/h6-7,10,13,15H,3-5,8-9,11H2,1-2H3,(H2,18,19,20)/t13-,15-,22+/m1/s1. The van der Waals surface area contributed by atoms with Crippen LogP contribution < -0.4 is 10.6 Å². The zero-order valence-electron chi connectivity index (χ0n) is 13.3. The number of hydrogen-bond donors (Lipinski definition) is 2. The first kappa shape index (κ1) is 16.9. The molecule has 0 aliphatic heterocycles. The summed E-state index contributed by atoms with van der Waals surface area (Å²) < 4.78 is 12.1.